The van der Waals surface area contributed by atoms with Crippen LogP contribution in [0.15, 0.2) is 41.3 Å². The van der Waals surface area contributed by atoms with Gasteiger partial charge in [-0.1, -0.05) is 12.1 Å². The Kier molecular flexibility index (Phi) is 5.42. The Morgan fingerprint density at radius 3 is 2.77 bits per heavy atom. The Morgan fingerprint density at radius 1 is 1.20 bits per heavy atom. The predicted octanol–water partition coefficient (Wildman–Crippen LogP) is 3.19. The average Bonchev–Trinajstić information content (AvgIpc) is 3.22. The van der Waals surface area contributed by atoms with E-state index in [2.05, 4.69) is 9.97 Å². The maximum absolute atomic E-state index is 13.1. The van der Waals surface area contributed by atoms with Gasteiger partial charge in [0.15, 0.2) is 0 Å². The van der Waals surface area contributed by atoms with Crippen LogP contribution in [0, 0.1) is 0 Å². The molecule has 0 amide bonds. The average molecular weight is 419 g/mol. The third kappa shape index (κ3) is 3.74. The number of benzene rings is 1. The van der Waals surface area contributed by atoms with E-state index < -0.39 is 17.9 Å². The summed E-state index contributed by atoms with van der Waals surface area (Å²) in [6.07, 6.45) is -2.12. The van der Waals surface area contributed by atoms with Crippen molar-refractivity contribution in [1.82, 2.24) is 19.5 Å². The number of methoxy groups -OCH3 is 1. The van der Waals surface area contributed by atoms with Crippen molar-refractivity contribution in [3.63, 3.8) is 0 Å². The molecule has 3 heterocycles. The van der Waals surface area contributed by atoms with E-state index in [9.17, 15) is 18.0 Å². The maximum Gasteiger partial charge on any atom is 0.433 e. The molecule has 3 aromatic rings. The smallest absolute Gasteiger partial charge is 0.383 e. The molecule has 1 unspecified atom stereocenters. The van der Waals surface area contributed by atoms with Crippen LogP contribution in [-0.2, 0) is 17.5 Å². The Labute approximate surface area is 170 Å². The van der Waals surface area contributed by atoms with Gasteiger partial charge in [-0.05, 0) is 31.0 Å². The minimum Gasteiger partial charge on any atom is -0.383 e. The molecule has 10 heteroatoms. The summed E-state index contributed by atoms with van der Waals surface area (Å²) < 4.78 is 46.1. The van der Waals surface area contributed by atoms with Crippen LogP contribution in [0.4, 0.5) is 19.1 Å². The summed E-state index contributed by atoms with van der Waals surface area (Å²) >= 11 is 0. The number of halogens is 3. The van der Waals surface area contributed by atoms with Crippen LogP contribution in [0.3, 0.4) is 0 Å². The molecular weight excluding hydrogens is 399 g/mol. The molecule has 0 spiro atoms. The van der Waals surface area contributed by atoms with Crippen LogP contribution in [-0.4, -0.2) is 39.8 Å². The van der Waals surface area contributed by atoms with Gasteiger partial charge in [0.25, 0.3) is 5.56 Å². The molecule has 1 aromatic carbocycles. The first-order valence-corrected chi connectivity index (χ1v) is 9.55. The second-order valence-electron chi connectivity index (χ2n) is 7.03. The van der Waals surface area contributed by atoms with Crippen molar-refractivity contribution in [2.24, 2.45) is 0 Å². The standard InChI is InChI=1S/C20H20F3N5O2/c1-30-12-11-28-17(25-14-6-3-2-5-13(14)18(28)29)15-7-4-10-27(15)19-24-9-8-16(26-19)20(21,22)23/h2-3,5-6,8-9,15H,4,7,10-12H2,1H3. The first-order valence-electron chi connectivity index (χ1n) is 9.55. The molecule has 0 radical (unpaired) electrons. The van der Waals surface area contributed by atoms with Crippen LogP contribution < -0.4 is 10.5 Å². The third-order valence-corrected chi connectivity index (χ3v) is 5.15. The Bertz CT molecular complexity index is 1120. The minimum absolute atomic E-state index is 0.0203. The van der Waals surface area contributed by atoms with Crippen molar-refractivity contribution in [3.8, 4) is 0 Å². The monoisotopic (exact) mass is 419 g/mol. The number of nitrogens with zero attached hydrogens (tertiary/aromatic N) is 5. The van der Waals surface area contributed by atoms with Gasteiger partial charge in [0.1, 0.15) is 11.5 Å². The molecule has 2 aromatic heterocycles. The zero-order valence-electron chi connectivity index (χ0n) is 16.3. The highest BCUT2D eigenvalue weighted by Crippen LogP contribution is 2.35. The molecule has 0 N–H and O–H groups in total. The zero-order chi connectivity index (χ0) is 21.3. The molecule has 158 valence electrons. The van der Waals surface area contributed by atoms with E-state index in [0.29, 0.717) is 36.3 Å². The minimum atomic E-state index is -4.56. The number of hydrogen-bond donors (Lipinski definition) is 0. The summed E-state index contributed by atoms with van der Waals surface area (Å²) in [7, 11) is 1.54. The fraction of sp³-hybridized carbons (Fsp3) is 0.400. The predicted molar refractivity (Wildman–Crippen MR) is 104 cm³/mol. The van der Waals surface area contributed by atoms with Crippen LogP contribution in [0.25, 0.3) is 10.9 Å². The highest BCUT2D eigenvalue weighted by molar-refractivity contribution is 5.77. The first kappa shape index (κ1) is 20.3. The van der Waals surface area contributed by atoms with Gasteiger partial charge in [-0.3, -0.25) is 9.36 Å². The topological polar surface area (TPSA) is 73.1 Å². The summed E-state index contributed by atoms with van der Waals surface area (Å²) in [5.74, 6) is 0.460. The molecule has 1 saturated heterocycles. The number of rotatable bonds is 5. The molecule has 7 nitrogen and oxygen atoms in total. The number of anilines is 1. The lowest BCUT2D eigenvalue weighted by Crippen LogP contribution is -2.34. The molecule has 4 rings (SSSR count). The Balaban J connectivity index is 1.82. The third-order valence-electron chi connectivity index (χ3n) is 5.15. The van der Waals surface area contributed by atoms with Crippen LogP contribution in [0.5, 0.6) is 0 Å². The number of para-hydroxylation sites is 1. The zero-order valence-corrected chi connectivity index (χ0v) is 16.3. The molecular formula is C20H20F3N5O2. The van der Waals surface area contributed by atoms with E-state index >= 15 is 0 Å². The van der Waals surface area contributed by atoms with Gasteiger partial charge < -0.3 is 9.64 Å². The van der Waals surface area contributed by atoms with E-state index in [-0.39, 0.29) is 18.1 Å². The normalized spacial score (nSPS) is 17.1. The lowest BCUT2D eigenvalue weighted by Gasteiger charge is -2.27. The van der Waals surface area contributed by atoms with E-state index in [1.165, 1.54) is 7.11 Å². The van der Waals surface area contributed by atoms with Crippen LogP contribution in [0.2, 0.25) is 0 Å². The number of fused-ring (bicyclic) bond motifs is 1. The van der Waals surface area contributed by atoms with Crippen molar-refractivity contribution >= 4 is 16.9 Å². The highest BCUT2D eigenvalue weighted by Gasteiger charge is 2.36. The summed E-state index contributed by atoms with van der Waals surface area (Å²) in [6, 6.07) is 7.45. The second-order valence-corrected chi connectivity index (χ2v) is 7.03. The summed E-state index contributed by atoms with van der Waals surface area (Å²) in [4.78, 5) is 27.3. The molecule has 0 bridgehead atoms. The Morgan fingerprint density at radius 2 is 2.00 bits per heavy atom. The molecule has 1 aliphatic heterocycles. The van der Waals surface area contributed by atoms with E-state index in [1.807, 2.05) is 0 Å². The molecule has 1 aliphatic rings. The second kappa shape index (κ2) is 8.02. The van der Waals surface area contributed by atoms with Crippen LogP contribution in [0.1, 0.15) is 30.4 Å². The fourth-order valence-electron chi connectivity index (χ4n) is 3.76. The lowest BCUT2D eigenvalue weighted by molar-refractivity contribution is -0.141. The van der Waals surface area contributed by atoms with Gasteiger partial charge in [-0.15, -0.1) is 0 Å². The van der Waals surface area contributed by atoms with Crippen molar-refractivity contribution in [1.29, 1.82) is 0 Å². The molecule has 0 saturated carbocycles. The van der Waals surface area contributed by atoms with Crippen molar-refractivity contribution in [2.45, 2.75) is 31.6 Å². The largest absolute Gasteiger partial charge is 0.433 e. The summed E-state index contributed by atoms with van der Waals surface area (Å²) in [5, 5.41) is 0.484. The van der Waals surface area contributed by atoms with Gasteiger partial charge >= 0.3 is 6.18 Å². The molecule has 30 heavy (non-hydrogen) atoms. The molecule has 0 aliphatic carbocycles. The summed E-state index contributed by atoms with van der Waals surface area (Å²) in [5.41, 5.74) is -0.658. The number of aromatic nitrogens is 4. The van der Waals surface area contributed by atoms with Crippen molar-refractivity contribution in [2.75, 3.05) is 25.2 Å². The van der Waals surface area contributed by atoms with E-state index in [1.54, 1.807) is 33.7 Å². The summed E-state index contributed by atoms with van der Waals surface area (Å²) in [6.45, 7) is 1.06. The highest BCUT2D eigenvalue weighted by atomic mass is 19.4. The first-order chi connectivity index (χ1) is 14.4. The quantitative estimate of drug-likeness (QED) is 0.633. The van der Waals surface area contributed by atoms with Crippen molar-refractivity contribution in [3.05, 3.63) is 58.4 Å². The van der Waals surface area contributed by atoms with Gasteiger partial charge in [0.2, 0.25) is 5.95 Å². The van der Waals surface area contributed by atoms with Gasteiger partial charge in [0.05, 0.1) is 30.1 Å². The molecule has 1 fully saturated rings. The number of ether oxygens (including phenoxy) is 1. The lowest BCUT2D eigenvalue weighted by atomic mass is 10.1. The Hall–Kier alpha value is -3.01. The number of hydrogen-bond acceptors (Lipinski definition) is 6. The van der Waals surface area contributed by atoms with Gasteiger partial charge in [-0.2, -0.15) is 13.2 Å². The van der Waals surface area contributed by atoms with E-state index in [0.717, 1.165) is 18.7 Å². The SMILES string of the molecule is COCCn1c(C2CCCN2c2nccc(C(F)(F)F)n2)nc2ccccc2c1=O. The number of alkyl halides is 3. The maximum atomic E-state index is 13.1. The van der Waals surface area contributed by atoms with E-state index in [4.69, 9.17) is 9.72 Å². The van der Waals surface area contributed by atoms with Crippen LogP contribution >= 0.6 is 0 Å². The van der Waals surface area contributed by atoms with Gasteiger partial charge in [-0.25, -0.2) is 15.0 Å². The van der Waals surface area contributed by atoms with Crippen molar-refractivity contribution < 1.29 is 17.9 Å². The molecule has 1 atom stereocenters. The fourth-order valence-corrected chi connectivity index (χ4v) is 3.76. The van der Waals surface area contributed by atoms with Gasteiger partial charge in [0, 0.05) is 19.9 Å².